The molecule has 144 valence electrons. The van der Waals surface area contributed by atoms with Gasteiger partial charge in [-0.15, -0.1) is 0 Å². The van der Waals surface area contributed by atoms with Crippen LogP contribution in [0.5, 0.6) is 0 Å². The lowest BCUT2D eigenvalue weighted by atomic mass is 9.92. The first-order valence-corrected chi connectivity index (χ1v) is 9.93. The number of halogens is 1. The van der Waals surface area contributed by atoms with Gasteiger partial charge in [-0.05, 0) is 30.5 Å². The maximum absolute atomic E-state index is 13.1. The maximum Gasteiger partial charge on any atom is 0.325 e. The summed E-state index contributed by atoms with van der Waals surface area (Å²) in [5, 5.41) is 2.75. The molecule has 0 radical (unpaired) electrons. The minimum atomic E-state index is -1.20. The van der Waals surface area contributed by atoms with Crippen LogP contribution in [0.2, 0.25) is 0 Å². The van der Waals surface area contributed by atoms with E-state index in [0.29, 0.717) is 18.7 Å². The topological polar surface area (TPSA) is 69.7 Å². The number of hydrogen-bond acceptors (Lipinski definition) is 3. The molecule has 2 aliphatic heterocycles. The van der Waals surface area contributed by atoms with Crippen molar-refractivity contribution in [2.24, 2.45) is 0 Å². The first-order chi connectivity index (χ1) is 13.4. The summed E-state index contributed by atoms with van der Waals surface area (Å²) in [6, 6.07) is 14.7. The van der Waals surface area contributed by atoms with Gasteiger partial charge < -0.3 is 10.2 Å². The molecular formula is C21H20BrN3O3. The lowest BCUT2D eigenvalue weighted by Crippen LogP contribution is -2.45. The molecule has 28 heavy (non-hydrogen) atoms. The van der Waals surface area contributed by atoms with Crippen LogP contribution in [0.3, 0.4) is 0 Å². The van der Waals surface area contributed by atoms with Crippen molar-refractivity contribution in [1.82, 2.24) is 15.1 Å². The highest BCUT2D eigenvalue weighted by Crippen LogP contribution is 2.33. The number of rotatable bonds is 3. The van der Waals surface area contributed by atoms with Crippen LogP contribution in [-0.4, -0.2) is 40.7 Å². The quantitative estimate of drug-likeness (QED) is 0.744. The second kappa shape index (κ2) is 7.05. The van der Waals surface area contributed by atoms with E-state index in [1.807, 2.05) is 36.4 Å². The van der Waals surface area contributed by atoms with Gasteiger partial charge in [-0.1, -0.05) is 58.4 Å². The Bertz CT molecular complexity index is 977. The number of nitrogens with one attached hydrogen (secondary N) is 1. The van der Waals surface area contributed by atoms with Crippen molar-refractivity contribution in [2.45, 2.75) is 25.4 Å². The fraction of sp³-hybridized carbons (Fsp3) is 0.286. The third kappa shape index (κ3) is 3.09. The van der Waals surface area contributed by atoms with E-state index in [9.17, 15) is 14.4 Å². The first kappa shape index (κ1) is 18.7. The first-order valence-electron chi connectivity index (χ1n) is 9.14. The van der Waals surface area contributed by atoms with Crippen LogP contribution in [0.1, 0.15) is 23.6 Å². The lowest BCUT2D eigenvalue weighted by molar-refractivity contribution is -0.139. The molecule has 2 heterocycles. The number of amides is 4. The lowest BCUT2D eigenvalue weighted by Gasteiger charge is -2.30. The third-order valence-electron chi connectivity index (χ3n) is 5.46. The van der Waals surface area contributed by atoms with Gasteiger partial charge in [-0.2, -0.15) is 0 Å². The van der Waals surface area contributed by atoms with Gasteiger partial charge in [0.15, 0.2) is 0 Å². The molecule has 4 rings (SSSR count). The van der Waals surface area contributed by atoms with Crippen LogP contribution in [-0.2, 0) is 28.1 Å². The molecule has 2 aliphatic rings. The predicted octanol–water partition coefficient (Wildman–Crippen LogP) is 2.80. The van der Waals surface area contributed by atoms with Gasteiger partial charge in [0.25, 0.3) is 5.91 Å². The zero-order valence-electron chi connectivity index (χ0n) is 15.4. The highest BCUT2D eigenvalue weighted by molar-refractivity contribution is 9.10. The second-order valence-electron chi connectivity index (χ2n) is 7.26. The molecule has 0 aromatic heterocycles. The molecule has 2 aromatic rings. The van der Waals surface area contributed by atoms with E-state index in [2.05, 4.69) is 27.3 Å². The average molecular weight is 442 g/mol. The highest BCUT2D eigenvalue weighted by atomic mass is 79.9. The van der Waals surface area contributed by atoms with Crippen LogP contribution in [0.4, 0.5) is 4.79 Å². The number of carbonyl (C=O) groups excluding carboxylic acids is 3. The molecule has 1 saturated heterocycles. The number of imide groups is 1. The molecule has 0 spiro atoms. The Morgan fingerprint density at radius 3 is 2.54 bits per heavy atom. The summed E-state index contributed by atoms with van der Waals surface area (Å²) >= 11 is 3.44. The largest absolute Gasteiger partial charge is 0.336 e. The van der Waals surface area contributed by atoms with E-state index in [4.69, 9.17) is 0 Å². The Morgan fingerprint density at radius 2 is 1.79 bits per heavy atom. The summed E-state index contributed by atoms with van der Waals surface area (Å²) in [5.41, 5.74) is 1.81. The maximum atomic E-state index is 13.1. The van der Waals surface area contributed by atoms with Crippen LogP contribution in [0.15, 0.2) is 53.0 Å². The van der Waals surface area contributed by atoms with E-state index >= 15 is 0 Å². The zero-order valence-corrected chi connectivity index (χ0v) is 17.0. The number of carbonyl (C=O) groups is 3. The Labute approximate surface area is 171 Å². The number of urea groups is 1. The molecule has 6 nitrogen and oxygen atoms in total. The third-order valence-corrected chi connectivity index (χ3v) is 6.16. The molecule has 0 unspecified atom stereocenters. The fourth-order valence-electron chi connectivity index (χ4n) is 3.83. The van der Waals surface area contributed by atoms with E-state index in [-0.39, 0.29) is 12.5 Å². The van der Waals surface area contributed by atoms with Crippen molar-refractivity contribution in [3.63, 3.8) is 0 Å². The Hall–Kier alpha value is -2.67. The molecule has 0 saturated carbocycles. The van der Waals surface area contributed by atoms with E-state index in [1.54, 1.807) is 17.9 Å². The Balaban J connectivity index is 1.51. The molecule has 1 fully saturated rings. The fourth-order valence-corrected chi connectivity index (χ4v) is 4.51. The molecule has 4 amide bonds. The van der Waals surface area contributed by atoms with Gasteiger partial charge in [0.1, 0.15) is 12.1 Å². The van der Waals surface area contributed by atoms with E-state index in [0.717, 1.165) is 21.4 Å². The summed E-state index contributed by atoms with van der Waals surface area (Å²) in [4.78, 5) is 41.1. The standard InChI is InChI=1S/C21H20BrN3O3/c1-21(16-8-4-5-9-17(16)22)19(27)25(20(28)23-21)13-18(26)24-11-10-14-6-2-3-7-15(14)12-24/h2-9H,10-13H2,1H3,(H,23,28)/t21-/m0/s1. The Kier molecular flexibility index (Phi) is 4.71. The predicted molar refractivity (Wildman–Crippen MR) is 107 cm³/mol. The van der Waals surface area contributed by atoms with Crippen LogP contribution in [0.25, 0.3) is 0 Å². The number of nitrogens with zero attached hydrogens (tertiary/aromatic N) is 2. The monoisotopic (exact) mass is 441 g/mol. The van der Waals surface area contributed by atoms with Gasteiger partial charge in [0.2, 0.25) is 5.91 Å². The van der Waals surface area contributed by atoms with Gasteiger partial charge in [0.05, 0.1) is 0 Å². The molecule has 1 atom stereocenters. The van der Waals surface area contributed by atoms with Crippen LogP contribution >= 0.6 is 15.9 Å². The molecule has 2 aromatic carbocycles. The van der Waals surface area contributed by atoms with Crippen molar-refractivity contribution in [1.29, 1.82) is 0 Å². The molecule has 0 aliphatic carbocycles. The summed E-state index contributed by atoms with van der Waals surface area (Å²) in [5.74, 6) is -0.649. The number of benzene rings is 2. The van der Waals surface area contributed by atoms with Crippen molar-refractivity contribution in [3.05, 3.63) is 69.7 Å². The molecule has 7 heteroatoms. The number of fused-ring (bicyclic) bond motifs is 1. The normalized spacial score (nSPS) is 21.5. The average Bonchev–Trinajstić information content (AvgIpc) is 2.91. The van der Waals surface area contributed by atoms with E-state index < -0.39 is 17.5 Å². The van der Waals surface area contributed by atoms with Gasteiger partial charge in [-0.25, -0.2) is 4.79 Å². The zero-order chi connectivity index (χ0) is 19.9. The molecule has 1 N–H and O–H groups in total. The van der Waals surface area contributed by atoms with Gasteiger partial charge >= 0.3 is 6.03 Å². The minimum Gasteiger partial charge on any atom is -0.336 e. The van der Waals surface area contributed by atoms with Crippen LogP contribution in [0, 0.1) is 0 Å². The van der Waals surface area contributed by atoms with Crippen molar-refractivity contribution in [3.8, 4) is 0 Å². The highest BCUT2D eigenvalue weighted by Gasteiger charge is 2.50. The Morgan fingerprint density at radius 1 is 1.11 bits per heavy atom. The van der Waals surface area contributed by atoms with Crippen molar-refractivity contribution in [2.75, 3.05) is 13.1 Å². The number of hydrogen-bond donors (Lipinski definition) is 1. The summed E-state index contributed by atoms with van der Waals surface area (Å²) < 4.78 is 0.729. The van der Waals surface area contributed by atoms with Gasteiger partial charge in [0, 0.05) is 23.1 Å². The SMILES string of the molecule is C[C@@]1(c2ccccc2Br)NC(=O)N(CC(=O)N2CCc3ccccc3C2)C1=O. The summed E-state index contributed by atoms with van der Waals surface area (Å²) in [6.45, 7) is 2.49. The molecule has 0 bridgehead atoms. The van der Waals surface area contributed by atoms with E-state index in [1.165, 1.54) is 5.56 Å². The van der Waals surface area contributed by atoms with Crippen molar-refractivity contribution >= 4 is 33.8 Å². The second-order valence-corrected chi connectivity index (χ2v) is 8.11. The summed E-state index contributed by atoms with van der Waals surface area (Å²) in [6.07, 6.45) is 0.775. The van der Waals surface area contributed by atoms with Crippen molar-refractivity contribution < 1.29 is 14.4 Å². The smallest absolute Gasteiger partial charge is 0.325 e. The van der Waals surface area contributed by atoms with Gasteiger partial charge in [-0.3, -0.25) is 14.5 Å². The molecular weight excluding hydrogens is 422 g/mol. The minimum absolute atomic E-state index is 0.227. The summed E-state index contributed by atoms with van der Waals surface area (Å²) in [7, 11) is 0. The van der Waals surface area contributed by atoms with Crippen LogP contribution < -0.4 is 5.32 Å².